The SMILES string of the molecule is O=C(NCc1cccnc1)[C@H]1C[C@@]12CCN(C(=O)NCc1ccccc1)C2. The second-order valence-electron chi connectivity index (χ2n) is 7.51. The molecule has 1 saturated carbocycles. The summed E-state index contributed by atoms with van der Waals surface area (Å²) in [7, 11) is 0. The maximum atomic E-state index is 12.5. The highest BCUT2D eigenvalue weighted by Gasteiger charge is 2.61. The van der Waals surface area contributed by atoms with Crippen molar-refractivity contribution < 1.29 is 9.59 Å². The molecule has 27 heavy (non-hydrogen) atoms. The highest BCUT2D eigenvalue weighted by molar-refractivity contribution is 5.83. The van der Waals surface area contributed by atoms with Crippen molar-refractivity contribution in [2.75, 3.05) is 13.1 Å². The van der Waals surface area contributed by atoms with Gasteiger partial charge in [0.2, 0.25) is 5.91 Å². The molecule has 3 amide bonds. The average molecular weight is 364 g/mol. The van der Waals surface area contributed by atoms with Gasteiger partial charge in [0.05, 0.1) is 0 Å². The van der Waals surface area contributed by atoms with Crippen molar-refractivity contribution in [1.29, 1.82) is 0 Å². The minimum Gasteiger partial charge on any atom is -0.352 e. The Balaban J connectivity index is 1.24. The van der Waals surface area contributed by atoms with Gasteiger partial charge in [-0.1, -0.05) is 36.4 Å². The maximum absolute atomic E-state index is 12.5. The molecule has 1 spiro atoms. The number of hydrogen-bond acceptors (Lipinski definition) is 3. The van der Waals surface area contributed by atoms with Crippen molar-refractivity contribution in [3.63, 3.8) is 0 Å². The summed E-state index contributed by atoms with van der Waals surface area (Å²) >= 11 is 0. The van der Waals surface area contributed by atoms with Gasteiger partial charge in [-0.25, -0.2) is 4.79 Å². The van der Waals surface area contributed by atoms with E-state index in [2.05, 4.69) is 15.6 Å². The molecular formula is C21H24N4O2. The molecule has 2 aliphatic rings. The molecule has 0 bridgehead atoms. The minimum absolute atomic E-state index is 0.0149. The molecule has 1 aromatic carbocycles. The van der Waals surface area contributed by atoms with E-state index in [0.29, 0.717) is 26.2 Å². The number of nitrogens with zero attached hydrogens (tertiary/aromatic N) is 2. The molecule has 140 valence electrons. The number of carbonyl (C=O) groups is 2. The number of benzene rings is 1. The quantitative estimate of drug-likeness (QED) is 0.855. The second-order valence-corrected chi connectivity index (χ2v) is 7.51. The van der Waals surface area contributed by atoms with Gasteiger partial charge < -0.3 is 15.5 Å². The van der Waals surface area contributed by atoms with Crippen LogP contribution in [0.1, 0.15) is 24.0 Å². The first-order valence-corrected chi connectivity index (χ1v) is 9.40. The molecule has 4 rings (SSSR count). The fraction of sp³-hybridized carbons (Fsp3) is 0.381. The number of pyridine rings is 1. The third-order valence-electron chi connectivity index (χ3n) is 5.65. The van der Waals surface area contributed by atoms with E-state index in [1.165, 1.54) is 0 Å². The van der Waals surface area contributed by atoms with Crippen LogP contribution in [0.25, 0.3) is 0 Å². The minimum atomic E-state index is -0.0443. The number of hydrogen-bond donors (Lipinski definition) is 2. The summed E-state index contributed by atoms with van der Waals surface area (Å²) in [4.78, 5) is 30.8. The largest absolute Gasteiger partial charge is 0.352 e. The molecule has 2 atom stereocenters. The molecule has 6 nitrogen and oxygen atoms in total. The number of amides is 3. The summed E-state index contributed by atoms with van der Waals surface area (Å²) in [6.45, 7) is 2.41. The zero-order chi connectivity index (χ0) is 18.7. The smallest absolute Gasteiger partial charge is 0.317 e. The summed E-state index contributed by atoms with van der Waals surface area (Å²) < 4.78 is 0. The van der Waals surface area contributed by atoms with Crippen LogP contribution in [0.3, 0.4) is 0 Å². The van der Waals surface area contributed by atoms with E-state index in [9.17, 15) is 9.59 Å². The standard InChI is InChI=1S/C21H24N4O2/c26-19(23-14-17-7-4-9-22-12-17)18-11-21(18)8-10-25(15-21)20(27)24-13-16-5-2-1-3-6-16/h1-7,9,12,18H,8,10-11,13-15H2,(H,23,26)(H,24,27)/t18-,21-/m1/s1. The van der Waals surface area contributed by atoms with Gasteiger partial charge in [-0.15, -0.1) is 0 Å². The molecule has 1 saturated heterocycles. The van der Waals surface area contributed by atoms with Crippen LogP contribution < -0.4 is 10.6 Å². The third-order valence-corrected chi connectivity index (χ3v) is 5.65. The fourth-order valence-corrected chi connectivity index (χ4v) is 3.94. The maximum Gasteiger partial charge on any atom is 0.317 e. The summed E-state index contributed by atoms with van der Waals surface area (Å²) in [5.74, 6) is 0.103. The molecule has 6 heteroatoms. The van der Waals surface area contributed by atoms with Crippen LogP contribution in [0, 0.1) is 11.3 Å². The van der Waals surface area contributed by atoms with Gasteiger partial charge in [0, 0.05) is 49.9 Å². The first-order chi connectivity index (χ1) is 13.2. The van der Waals surface area contributed by atoms with Gasteiger partial charge in [0.25, 0.3) is 0 Å². The number of urea groups is 1. The lowest BCUT2D eigenvalue weighted by Gasteiger charge is -2.17. The van der Waals surface area contributed by atoms with Crippen molar-refractivity contribution >= 4 is 11.9 Å². The van der Waals surface area contributed by atoms with Crippen LogP contribution in [0.15, 0.2) is 54.9 Å². The zero-order valence-electron chi connectivity index (χ0n) is 15.2. The normalized spacial score (nSPS) is 23.3. The first kappa shape index (κ1) is 17.5. The van der Waals surface area contributed by atoms with Crippen LogP contribution in [0.5, 0.6) is 0 Å². The van der Waals surface area contributed by atoms with Gasteiger partial charge in [-0.05, 0) is 30.0 Å². The van der Waals surface area contributed by atoms with Crippen LogP contribution in [0.4, 0.5) is 4.79 Å². The molecule has 0 radical (unpaired) electrons. The van der Waals surface area contributed by atoms with E-state index in [1.54, 1.807) is 12.4 Å². The Bertz CT molecular complexity index is 756. The summed E-state index contributed by atoms with van der Waals surface area (Å²) in [5.41, 5.74) is 2.05. The predicted octanol–water partition coefficient (Wildman–Crippen LogP) is 2.32. The highest BCUT2D eigenvalue weighted by Crippen LogP contribution is 2.58. The van der Waals surface area contributed by atoms with Crippen molar-refractivity contribution in [2.24, 2.45) is 11.3 Å². The van der Waals surface area contributed by atoms with E-state index in [4.69, 9.17) is 0 Å². The number of aromatic nitrogens is 1. The Morgan fingerprint density at radius 3 is 2.63 bits per heavy atom. The molecular weight excluding hydrogens is 340 g/mol. The van der Waals surface area contributed by atoms with Crippen molar-refractivity contribution in [1.82, 2.24) is 20.5 Å². The molecule has 2 N–H and O–H groups in total. The van der Waals surface area contributed by atoms with Crippen molar-refractivity contribution in [3.05, 3.63) is 66.0 Å². The summed E-state index contributed by atoms with van der Waals surface area (Å²) in [5, 5.41) is 5.98. The number of rotatable bonds is 5. The molecule has 2 aromatic rings. The van der Waals surface area contributed by atoms with E-state index in [-0.39, 0.29) is 23.3 Å². The Morgan fingerprint density at radius 1 is 1.07 bits per heavy atom. The summed E-state index contributed by atoms with van der Waals surface area (Å²) in [6.07, 6.45) is 5.25. The lowest BCUT2D eigenvalue weighted by atomic mass is 10.0. The topological polar surface area (TPSA) is 74.3 Å². The van der Waals surface area contributed by atoms with Crippen molar-refractivity contribution in [3.8, 4) is 0 Å². The van der Waals surface area contributed by atoms with E-state index >= 15 is 0 Å². The van der Waals surface area contributed by atoms with Crippen LogP contribution in [0.2, 0.25) is 0 Å². The zero-order valence-corrected chi connectivity index (χ0v) is 15.2. The van der Waals surface area contributed by atoms with Crippen LogP contribution in [-0.2, 0) is 17.9 Å². The lowest BCUT2D eigenvalue weighted by Crippen LogP contribution is -2.38. The van der Waals surface area contributed by atoms with E-state index in [1.807, 2.05) is 47.4 Å². The molecule has 1 aliphatic heterocycles. The second kappa shape index (κ2) is 7.39. The van der Waals surface area contributed by atoms with Gasteiger partial charge in [0.1, 0.15) is 0 Å². The number of nitrogens with one attached hydrogen (secondary N) is 2. The Kier molecular flexibility index (Phi) is 4.79. The first-order valence-electron chi connectivity index (χ1n) is 9.40. The summed E-state index contributed by atoms with van der Waals surface area (Å²) in [6, 6.07) is 13.6. The number of carbonyl (C=O) groups excluding carboxylic acids is 2. The van der Waals surface area contributed by atoms with Crippen LogP contribution >= 0.6 is 0 Å². The fourth-order valence-electron chi connectivity index (χ4n) is 3.94. The Labute approximate surface area is 159 Å². The van der Waals surface area contributed by atoms with E-state index < -0.39 is 0 Å². The molecule has 1 aromatic heterocycles. The molecule has 2 heterocycles. The predicted molar refractivity (Wildman–Crippen MR) is 101 cm³/mol. The van der Waals surface area contributed by atoms with Gasteiger partial charge in [-0.2, -0.15) is 0 Å². The molecule has 2 fully saturated rings. The monoisotopic (exact) mass is 364 g/mol. The lowest BCUT2D eigenvalue weighted by molar-refractivity contribution is -0.123. The van der Waals surface area contributed by atoms with Gasteiger partial charge >= 0.3 is 6.03 Å². The van der Waals surface area contributed by atoms with Gasteiger partial charge in [-0.3, -0.25) is 9.78 Å². The average Bonchev–Trinajstić information content (AvgIpc) is 3.25. The molecule has 0 unspecified atom stereocenters. The van der Waals surface area contributed by atoms with E-state index in [0.717, 1.165) is 24.0 Å². The van der Waals surface area contributed by atoms with Crippen molar-refractivity contribution in [2.45, 2.75) is 25.9 Å². The Hall–Kier alpha value is -2.89. The van der Waals surface area contributed by atoms with Gasteiger partial charge in [0.15, 0.2) is 0 Å². The number of likely N-dealkylation sites (tertiary alicyclic amines) is 1. The highest BCUT2D eigenvalue weighted by atomic mass is 16.2. The molecule has 1 aliphatic carbocycles. The van der Waals surface area contributed by atoms with Crippen LogP contribution in [-0.4, -0.2) is 34.9 Å². The Morgan fingerprint density at radius 2 is 1.85 bits per heavy atom. The third kappa shape index (κ3) is 3.94.